The summed E-state index contributed by atoms with van der Waals surface area (Å²) in [5.74, 6) is -0.00230. The van der Waals surface area contributed by atoms with Crippen molar-refractivity contribution in [2.75, 3.05) is 23.3 Å². The number of nitrogens with zero attached hydrogens (tertiary/aromatic N) is 2. The fourth-order valence-corrected chi connectivity index (χ4v) is 2.78. The molecule has 4 N–H and O–H groups in total. The molecule has 0 aliphatic rings. The monoisotopic (exact) mass is 323 g/mol. The molecule has 0 amide bonds. The number of sulfonamides is 1. The van der Waals surface area contributed by atoms with Crippen LogP contribution < -0.4 is 15.8 Å². The Labute approximate surface area is 131 Å². The van der Waals surface area contributed by atoms with Crippen LogP contribution in [0.2, 0.25) is 0 Å². The molecule has 1 rings (SSSR count). The molecule has 0 fully saturated rings. The van der Waals surface area contributed by atoms with Gasteiger partial charge in [-0.15, -0.1) is 0 Å². The minimum absolute atomic E-state index is 0.00230. The molecule has 0 saturated heterocycles. The number of aromatic nitrogens is 1. The van der Waals surface area contributed by atoms with Crippen LogP contribution in [0.1, 0.15) is 13.3 Å². The predicted molar refractivity (Wildman–Crippen MR) is 91.1 cm³/mol. The lowest BCUT2D eigenvalue weighted by Gasteiger charge is -2.10. The zero-order chi connectivity index (χ0) is 16.4. The zero-order valence-corrected chi connectivity index (χ0v) is 13.3. The van der Waals surface area contributed by atoms with Crippen LogP contribution >= 0.6 is 0 Å². The van der Waals surface area contributed by atoms with Crippen molar-refractivity contribution in [2.24, 2.45) is 4.99 Å². The summed E-state index contributed by atoms with van der Waals surface area (Å²) < 4.78 is 26.4. The Kier molecular flexibility index (Phi) is 7.11. The Bertz CT molecular complexity index is 653. The molecular weight excluding hydrogens is 302 g/mol. The standard InChI is InChI=1S/C14H21N5O2S/c1-3-12(5-8-16-2)19-22(20,21)10-4-7-18-14-6-9-17-11-13(14)15/h3,5-6,8-9,11,19H,2,4,7,10,15H2,1H3,(H,17,18)/b8-5-,12-3+. The van der Waals surface area contributed by atoms with Gasteiger partial charge in [0.15, 0.2) is 0 Å². The Morgan fingerprint density at radius 1 is 1.55 bits per heavy atom. The van der Waals surface area contributed by atoms with Gasteiger partial charge < -0.3 is 11.1 Å². The summed E-state index contributed by atoms with van der Waals surface area (Å²) in [6.45, 7) is 5.52. The molecule has 0 aromatic carbocycles. The predicted octanol–water partition coefficient (Wildman–Crippen LogP) is 1.50. The van der Waals surface area contributed by atoms with Gasteiger partial charge in [0.1, 0.15) is 0 Å². The molecule has 0 bridgehead atoms. The van der Waals surface area contributed by atoms with Crippen LogP contribution in [-0.2, 0) is 10.0 Å². The summed E-state index contributed by atoms with van der Waals surface area (Å²) in [4.78, 5) is 7.42. The van der Waals surface area contributed by atoms with E-state index in [2.05, 4.69) is 26.7 Å². The molecule has 0 unspecified atom stereocenters. The highest BCUT2D eigenvalue weighted by Gasteiger charge is 2.10. The molecule has 8 heteroatoms. The summed E-state index contributed by atoms with van der Waals surface area (Å²) in [6, 6.07) is 1.74. The Morgan fingerprint density at radius 3 is 2.95 bits per heavy atom. The molecule has 1 aromatic rings. The number of nitrogens with two attached hydrogens (primary N) is 1. The number of nitrogen functional groups attached to an aromatic ring is 1. The lowest BCUT2D eigenvalue weighted by atomic mass is 10.3. The normalized spacial score (nSPS) is 12.3. The van der Waals surface area contributed by atoms with Crippen LogP contribution in [-0.4, -0.2) is 32.4 Å². The first-order chi connectivity index (χ1) is 10.5. The van der Waals surface area contributed by atoms with Gasteiger partial charge in [-0.25, -0.2) is 8.42 Å². The van der Waals surface area contributed by atoms with Crippen molar-refractivity contribution in [1.29, 1.82) is 0 Å². The molecular formula is C14H21N5O2S. The van der Waals surface area contributed by atoms with Gasteiger partial charge in [-0.1, -0.05) is 6.08 Å². The number of pyridine rings is 1. The molecule has 1 heterocycles. The van der Waals surface area contributed by atoms with Crippen LogP contribution in [0, 0.1) is 0 Å². The smallest absolute Gasteiger partial charge is 0.232 e. The van der Waals surface area contributed by atoms with Gasteiger partial charge in [-0.05, 0) is 32.2 Å². The Morgan fingerprint density at radius 2 is 2.32 bits per heavy atom. The molecule has 0 aliphatic carbocycles. The van der Waals surface area contributed by atoms with Crippen LogP contribution in [0.25, 0.3) is 0 Å². The van der Waals surface area contributed by atoms with Crippen molar-refractivity contribution in [3.8, 4) is 0 Å². The number of hydrogen-bond acceptors (Lipinski definition) is 6. The van der Waals surface area contributed by atoms with Gasteiger partial charge in [0.2, 0.25) is 10.0 Å². The third-order valence-corrected chi connectivity index (χ3v) is 4.07. The van der Waals surface area contributed by atoms with Gasteiger partial charge in [0, 0.05) is 24.6 Å². The molecule has 0 aliphatic heterocycles. The van der Waals surface area contributed by atoms with E-state index in [9.17, 15) is 8.42 Å². The molecule has 120 valence electrons. The maximum atomic E-state index is 11.9. The third kappa shape index (κ3) is 6.40. The fraction of sp³-hybridized carbons (Fsp3) is 0.286. The van der Waals surface area contributed by atoms with E-state index in [4.69, 9.17) is 5.73 Å². The van der Waals surface area contributed by atoms with Gasteiger partial charge >= 0.3 is 0 Å². The maximum Gasteiger partial charge on any atom is 0.232 e. The number of aliphatic imine (C=N–C) groups is 1. The lowest BCUT2D eigenvalue weighted by molar-refractivity contribution is 0.587. The van der Waals surface area contributed by atoms with Crippen molar-refractivity contribution in [3.63, 3.8) is 0 Å². The quantitative estimate of drug-likeness (QED) is 0.362. The van der Waals surface area contributed by atoms with E-state index in [1.54, 1.807) is 37.5 Å². The van der Waals surface area contributed by atoms with Crippen molar-refractivity contribution in [3.05, 3.63) is 42.5 Å². The van der Waals surface area contributed by atoms with E-state index in [-0.39, 0.29) is 5.75 Å². The van der Waals surface area contributed by atoms with Crippen LogP contribution in [0.15, 0.2) is 47.5 Å². The summed E-state index contributed by atoms with van der Waals surface area (Å²) in [7, 11) is -3.40. The van der Waals surface area contributed by atoms with E-state index < -0.39 is 10.0 Å². The number of rotatable bonds is 9. The van der Waals surface area contributed by atoms with Gasteiger partial charge in [-0.2, -0.15) is 0 Å². The van der Waals surface area contributed by atoms with Crippen LogP contribution in [0.3, 0.4) is 0 Å². The molecule has 0 saturated carbocycles. The average molecular weight is 323 g/mol. The second-order valence-electron chi connectivity index (χ2n) is 4.41. The highest BCUT2D eigenvalue weighted by molar-refractivity contribution is 7.89. The van der Waals surface area contributed by atoms with Gasteiger partial charge in [-0.3, -0.25) is 14.7 Å². The first kappa shape index (κ1) is 17.7. The maximum absolute atomic E-state index is 11.9. The topological polar surface area (TPSA) is 109 Å². The summed E-state index contributed by atoms with van der Waals surface area (Å²) >= 11 is 0. The number of allylic oxidation sites excluding steroid dienone is 2. The largest absolute Gasteiger partial charge is 0.396 e. The minimum Gasteiger partial charge on any atom is -0.396 e. The second-order valence-corrected chi connectivity index (χ2v) is 6.25. The second kappa shape index (κ2) is 8.83. The Balaban J connectivity index is 2.44. The summed E-state index contributed by atoms with van der Waals surface area (Å²) in [6.07, 6.45) is 8.22. The number of anilines is 2. The molecule has 22 heavy (non-hydrogen) atoms. The lowest BCUT2D eigenvalue weighted by Crippen LogP contribution is -2.26. The van der Waals surface area contributed by atoms with E-state index >= 15 is 0 Å². The van der Waals surface area contributed by atoms with Crippen molar-refractivity contribution in [2.45, 2.75) is 13.3 Å². The minimum atomic E-state index is -3.40. The zero-order valence-electron chi connectivity index (χ0n) is 12.5. The van der Waals surface area contributed by atoms with Crippen molar-refractivity contribution < 1.29 is 8.42 Å². The molecule has 1 aromatic heterocycles. The van der Waals surface area contributed by atoms with Gasteiger partial charge in [0.25, 0.3) is 0 Å². The average Bonchev–Trinajstić information content (AvgIpc) is 2.49. The van der Waals surface area contributed by atoms with E-state index in [0.29, 0.717) is 24.4 Å². The first-order valence-electron chi connectivity index (χ1n) is 6.71. The summed E-state index contributed by atoms with van der Waals surface area (Å²) in [5, 5.41) is 3.08. The van der Waals surface area contributed by atoms with E-state index in [1.165, 1.54) is 6.20 Å². The van der Waals surface area contributed by atoms with Crippen molar-refractivity contribution in [1.82, 2.24) is 9.71 Å². The first-order valence-corrected chi connectivity index (χ1v) is 8.36. The van der Waals surface area contributed by atoms with Crippen LogP contribution in [0.5, 0.6) is 0 Å². The third-order valence-electron chi connectivity index (χ3n) is 2.70. The van der Waals surface area contributed by atoms with E-state index in [0.717, 1.165) is 5.69 Å². The highest BCUT2D eigenvalue weighted by atomic mass is 32.2. The van der Waals surface area contributed by atoms with Gasteiger partial charge in [0.05, 0.1) is 23.3 Å². The van der Waals surface area contributed by atoms with Crippen molar-refractivity contribution >= 4 is 28.1 Å². The number of hydrogen-bond donors (Lipinski definition) is 3. The Hall–Kier alpha value is -2.35. The molecule has 7 nitrogen and oxygen atoms in total. The molecule has 0 spiro atoms. The van der Waals surface area contributed by atoms with E-state index in [1.807, 2.05) is 0 Å². The summed E-state index contributed by atoms with van der Waals surface area (Å²) in [5.41, 5.74) is 7.47. The van der Waals surface area contributed by atoms with Crippen LogP contribution in [0.4, 0.5) is 11.4 Å². The molecule has 0 radical (unpaired) electrons. The number of nitrogens with one attached hydrogen (secondary N) is 2. The fourth-order valence-electron chi connectivity index (χ4n) is 1.61. The highest BCUT2D eigenvalue weighted by Crippen LogP contribution is 2.14. The SMILES string of the molecule is C=N/C=C\C(=C/C)NS(=O)(=O)CCCNc1ccncc1N. The molecule has 0 atom stereocenters.